The molecule has 0 amide bonds. The number of anilines is 1. The van der Waals surface area contributed by atoms with Crippen LogP contribution in [0, 0.1) is 0 Å². The van der Waals surface area contributed by atoms with Crippen LogP contribution in [0.5, 0.6) is 5.75 Å². The maximum absolute atomic E-state index is 9.81. The Kier molecular flexibility index (Phi) is 5.87. The van der Waals surface area contributed by atoms with Crippen molar-refractivity contribution in [1.82, 2.24) is 0 Å². The number of benzene rings is 2. The number of nitrogens with two attached hydrogens (primary N) is 1. The topological polar surface area (TPSA) is 64.7 Å². The number of aliphatic hydroxyl groups is 1. The lowest BCUT2D eigenvalue weighted by Gasteiger charge is -2.13. The van der Waals surface area contributed by atoms with Gasteiger partial charge in [-0.15, -0.1) is 0 Å². The van der Waals surface area contributed by atoms with Crippen molar-refractivity contribution in [3.8, 4) is 5.75 Å². The Bertz CT molecular complexity index is 577. The summed E-state index contributed by atoms with van der Waals surface area (Å²) in [6.45, 7) is 0.740. The molecule has 0 aliphatic heterocycles. The highest BCUT2D eigenvalue weighted by Crippen LogP contribution is 2.15. The summed E-state index contributed by atoms with van der Waals surface area (Å²) >= 11 is 5.88. The SMILES string of the molecule is Nc1cccc(OCC(O)COCc2cccc(Cl)c2)c1. The molecule has 0 spiro atoms. The van der Waals surface area contributed by atoms with Crippen molar-refractivity contribution < 1.29 is 14.6 Å². The maximum Gasteiger partial charge on any atom is 0.121 e. The minimum absolute atomic E-state index is 0.152. The zero-order valence-electron chi connectivity index (χ0n) is 11.5. The average Bonchev–Trinajstić information content (AvgIpc) is 2.45. The Morgan fingerprint density at radius 1 is 1.10 bits per heavy atom. The third-order valence-corrected chi connectivity index (χ3v) is 3.00. The molecule has 0 aliphatic rings. The third kappa shape index (κ3) is 5.63. The van der Waals surface area contributed by atoms with Crippen LogP contribution in [0.3, 0.4) is 0 Å². The van der Waals surface area contributed by atoms with Crippen LogP contribution in [-0.4, -0.2) is 24.4 Å². The molecule has 0 aromatic heterocycles. The molecule has 0 aliphatic carbocycles. The summed E-state index contributed by atoms with van der Waals surface area (Å²) in [6, 6.07) is 14.5. The molecule has 3 N–H and O–H groups in total. The van der Waals surface area contributed by atoms with Gasteiger partial charge in [-0.25, -0.2) is 0 Å². The van der Waals surface area contributed by atoms with E-state index < -0.39 is 6.10 Å². The van der Waals surface area contributed by atoms with Gasteiger partial charge in [-0.05, 0) is 29.8 Å². The molecule has 2 aromatic rings. The van der Waals surface area contributed by atoms with E-state index in [2.05, 4.69) is 0 Å². The normalized spacial score (nSPS) is 12.1. The van der Waals surface area contributed by atoms with Gasteiger partial charge in [0.25, 0.3) is 0 Å². The van der Waals surface area contributed by atoms with E-state index in [9.17, 15) is 5.11 Å². The van der Waals surface area contributed by atoms with E-state index in [4.69, 9.17) is 26.8 Å². The molecular weight excluding hydrogens is 290 g/mol. The molecule has 0 radical (unpaired) electrons. The van der Waals surface area contributed by atoms with E-state index in [0.717, 1.165) is 5.56 Å². The Balaban J connectivity index is 1.69. The number of hydrogen-bond acceptors (Lipinski definition) is 4. The van der Waals surface area contributed by atoms with Gasteiger partial charge in [-0.3, -0.25) is 0 Å². The summed E-state index contributed by atoms with van der Waals surface area (Å²) in [4.78, 5) is 0. The second-order valence-corrected chi connectivity index (χ2v) is 5.12. The van der Waals surface area contributed by atoms with Gasteiger partial charge in [-0.2, -0.15) is 0 Å². The molecule has 0 fully saturated rings. The van der Waals surface area contributed by atoms with E-state index in [1.807, 2.05) is 18.2 Å². The van der Waals surface area contributed by atoms with Crippen molar-refractivity contribution in [2.75, 3.05) is 18.9 Å². The van der Waals surface area contributed by atoms with Crippen LogP contribution in [0.25, 0.3) is 0 Å². The van der Waals surface area contributed by atoms with Gasteiger partial charge in [0.15, 0.2) is 0 Å². The summed E-state index contributed by atoms with van der Waals surface area (Å²) in [5.41, 5.74) is 7.23. The molecule has 2 aromatic carbocycles. The molecule has 21 heavy (non-hydrogen) atoms. The molecule has 0 saturated heterocycles. The second kappa shape index (κ2) is 7.88. The predicted octanol–water partition coefficient (Wildman–Crippen LogP) is 2.88. The number of hydrogen-bond donors (Lipinski definition) is 2. The van der Waals surface area contributed by atoms with E-state index in [-0.39, 0.29) is 13.2 Å². The van der Waals surface area contributed by atoms with Crippen molar-refractivity contribution in [3.63, 3.8) is 0 Å². The van der Waals surface area contributed by atoms with Gasteiger partial charge in [-0.1, -0.05) is 29.8 Å². The standard InChI is InChI=1S/C16H18ClNO3/c17-13-4-1-3-12(7-13)9-20-10-15(19)11-21-16-6-2-5-14(18)8-16/h1-8,15,19H,9-11,18H2. The largest absolute Gasteiger partial charge is 0.491 e. The summed E-state index contributed by atoms with van der Waals surface area (Å²) in [6.07, 6.45) is -0.703. The molecule has 1 unspecified atom stereocenters. The minimum Gasteiger partial charge on any atom is -0.491 e. The number of rotatable bonds is 7. The maximum atomic E-state index is 9.81. The lowest BCUT2D eigenvalue weighted by molar-refractivity contribution is 0.00550. The van der Waals surface area contributed by atoms with E-state index >= 15 is 0 Å². The van der Waals surface area contributed by atoms with E-state index in [1.165, 1.54) is 0 Å². The fraction of sp³-hybridized carbons (Fsp3) is 0.250. The zero-order chi connectivity index (χ0) is 15.1. The molecule has 5 heteroatoms. The summed E-state index contributed by atoms with van der Waals surface area (Å²) in [7, 11) is 0. The third-order valence-electron chi connectivity index (χ3n) is 2.77. The Morgan fingerprint density at radius 3 is 2.67 bits per heavy atom. The van der Waals surface area contributed by atoms with Crippen LogP contribution in [0.1, 0.15) is 5.56 Å². The van der Waals surface area contributed by atoms with E-state index in [0.29, 0.717) is 23.1 Å². The zero-order valence-corrected chi connectivity index (χ0v) is 12.3. The molecule has 2 rings (SSSR count). The first-order valence-corrected chi connectivity index (χ1v) is 7.00. The quantitative estimate of drug-likeness (QED) is 0.772. The molecular formula is C16H18ClNO3. The van der Waals surface area contributed by atoms with Gasteiger partial charge in [0, 0.05) is 16.8 Å². The highest BCUT2D eigenvalue weighted by atomic mass is 35.5. The number of ether oxygens (including phenoxy) is 2. The van der Waals surface area contributed by atoms with E-state index in [1.54, 1.807) is 30.3 Å². The Hall–Kier alpha value is -1.75. The molecule has 112 valence electrons. The summed E-state index contributed by atoms with van der Waals surface area (Å²) in [5.74, 6) is 0.629. The number of halogens is 1. The van der Waals surface area contributed by atoms with Crippen LogP contribution in [0.4, 0.5) is 5.69 Å². The smallest absolute Gasteiger partial charge is 0.121 e. The van der Waals surface area contributed by atoms with Gasteiger partial charge < -0.3 is 20.3 Å². The van der Waals surface area contributed by atoms with Crippen molar-refractivity contribution in [1.29, 1.82) is 0 Å². The van der Waals surface area contributed by atoms with Crippen LogP contribution in [0.15, 0.2) is 48.5 Å². The van der Waals surface area contributed by atoms with Crippen LogP contribution < -0.4 is 10.5 Å². The molecule has 0 saturated carbocycles. The molecule has 0 heterocycles. The summed E-state index contributed by atoms with van der Waals surface area (Å²) in [5, 5.41) is 10.5. The first-order chi connectivity index (χ1) is 10.1. The fourth-order valence-corrected chi connectivity index (χ4v) is 2.00. The number of aliphatic hydroxyl groups excluding tert-OH is 1. The van der Waals surface area contributed by atoms with Crippen molar-refractivity contribution >= 4 is 17.3 Å². The summed E-state index contributed by atoms with van der Waals surface area (Å²) < 4.78 is 10.9. The predicted molar refractivity (Wildman–Crippen MR) is 83.5 cm³/mol. The highest BCUT2D eigenvalue weighted by molar-refractivity contribution is 6.30. The van der Waals surface area contributed by atoms with Crippen molar-refractivity contribution in [3.05, 3.63) is 59.1 Å². The monoisotopic (exact) mass is 307 g/mol. The minimum atomic E-state index is -0.703. The number of nitrogen functional groups attached to an aromatic ring is 1. The molecule has 1 atom stereocenters. The van der Waals surface area contributed by atoms with Crippen LogP contribution in [-0.2, 0) is 11.3 Å². The lowest BCUT2D eigenvalue weighted by Crippen LogP contribution is -2.23. The second-order valence-electron chi connectivity index (χ2n) is 4.68. The highest BCUT2D eigenvalue weighted by Gasteiger charge is 2.06. The first kappa shape index (κ1) is 15.6. The fourth-order valence-electron chi connectivity index (χ4n) is 1.78. The van der Waals surface area contributed by atoms with Crippen molar-refractivity contribution in [2.24, 2.45) is 0 Å². The first-order valence-electron chi connectivity index (χ1n) is 6.62. The van der Waals surface area contributed by atoms with Gasteiger partial charge in [0.05, 0.1) is 13.2 Å². The molecule has 0 bridgehead atoms. The van der Waals surface area contributed by atoms with Gasteiger partial charge in [0.1, 0.15) is 18.5 Å². The van der Waals surface area contributed by atoms with Crippen LogP contribution >= 0.6 is 11.6 Å². The van der Waals surface area contributed by atoms with Gasteiger partial charge >= 0.3 is 0 Å². The molecule has 4 nitrogen and oxygen atoms in total. The lowest BCUT2D eigenvalue weighted by atomic mass is 10.2. The Morgan fingerprint density at radius 2 is 1.90 bits per heavy atom. The van der Waals surface area contributed by atoms with Crippen LogP contribution in [0.2, 0.25) is 5.02 Å². The van der Waals surface area contributed by atoms with Crippen molar-refractivity contribution in [2.45, 2.75) is 12.7 Å². The average molecular weight is 308 g/mol. The Labute approximate surface area is 129 Å². The van der Waals surface area contributed by atoms with Gasteiger partial charge in [0.2, 0.25) is 0 Å².